The van der Waals surface area contributed by atoms with Crippen molar-refractivity contribution < 1.29 is 4.39 Å². The fourth-order valence-electron chi connectivity index (χ4n) is 4.04. The summed E-state index contributed by atoms with van der Waals surface area (Å²) in [5.41, 5.74) is 4.27. The average Bonchev–Trinajstić information content (AvgIpc) is 3.39. The van der Waals surface area contributed by atoms with Gasteiger partial charge in [-0.2, -0.15) is 15.5 Å². The van der Waals surface area contributed by atoms with Gasteiger partial charge in [-0.3, -0.25) is 4.68 Å². The first-order valence-electron chi connectivity index (χ1n) is 10.1. The molecule has 0 aliphatic carbocycles. The molecule has 1 fully saturated rings. The molecule has 0 saturated carbocycles. The van der Waals surface area contributed by atoms with Crippen LogP contribution in [0.2, 0.25) is 0 Å². The summed E-state index contributed by atoms with van der Waals surface area (Å²) < 4.78 is 17.1. The van der Waals surface area contributed by atoms with Crippen molar-refractivity contribution in [2.45, 2.75) is 35.7 Å². The highest BCUT2D eigenvalue weighted by Crippen LogP contribution is 2.36. The van der Waals surface area contributed by atoms with Gasteiger partial charge in [0.25, 0.3) is 0 Å². The molecule has 1 atom stereocenters. The molecule has 0 amide bonds. The minimum Gasteiger partial charge on any atom is -0.315 e. The van der Waals surface area contributed by atoms with Crippen molar-refractivity contribution in [3.63, 3.8) is 0 Å². The van der Waals surface area contributed by atoms with E-state index in [9.17, 15) is 9.65 Å². The normalized spacial score (nSPS) is 16.5. The molecule has 7 nitrogen and oxygen atoms in total. The smallest absolute Gasteiger partial charge is 0.141 e. The summed E-state index contributed by atoms with van der Waals surface area (Å²) in [6, 6.07) is 7.59. The van der Waals surface area contributed by atoms with Crippen LogP contribution in [0.1, 0.15) is 30.1 Å². The van der Waals surface area contributed by atoms with Crippen LogP contribution < -0.4 is 5.32 Å². The van der Waals surface area contributed by atoms with Crippen LogP contribution >= 0.6 is 11.8 Å². The summed E-state index contributed by atoms with van der Waals surface area (Å²) in [5, 5.41) is 22.7. The number of pyridine rings is 2. The number of hydrogen-bond donors (Lipinski definition) is 1. The van der Waals surface area contributed by atoms with Gasteiger partial charge in [-0.25, -0.2) is 13.9 Å². The summed E-state index contributed by atoms with van der Waals surface area (Å²) in [7, 11) is 0. The first-order chi connectivity index (χ1) is 15.1. The Kier molecular flexibility index (Phi) is 5.18. The topological polar surface area (TPSA) is 83.8 Å². The van der Waals surface area contributed by atoms with E-state index in [0.717, 1.165) is 47.6 Å². The van der Waals surface area contributed by atoms with Crippen molar-refractivity contribution in [2.24, 2.45) is 0 Å². The van der Waals surface area contributed by atoms with E-state index < -0.39 is 0 Å². The molecule has 1 aliphatic rings. The molecule has 0 spiro atoms. The zero-order valence-electron chi connectivity index (χ0n) is 16.9. The van der Waals surface area contributed by atoms with Gasteiger partial charge in [0.05, 0.1) is 35.7 Å². The van der Waals surface area contributed by atoms with Crippen molar-refractivity contribution >= 4 is 17.3 Å². The molecule has 0 aromatic carbocycles. The molecule has 0 unspecified atom stereocenters. The number of hydrogen-bond acceptors (Lipinski definition) is 6. The van der Waals surface area contributed by atoms with Gasteiger partial charge in [0.2, 0.25) is 0 Å². The molecule has 1 aliphatic heterocycles. The molecule has 5 rings (SSSR count). The lowest BCUT2D eigenvalue weighted by Gasteiger charge is -2.24. The van der Waals surface area contributed by atoms with Gasteiger partial charge < -0.3 is 5.32 Å². The summed E-state index contributed by atoms with van der Waals surface area (Å²) in [4.78, 5) is 4.99. The standard InChI is InChI=1S/C22H20FN7S/c1-14-19(12-28-30(14)18-3-2-6-25-11-18)15-7-20(31-21-5-4-17(23)10-26-21)22-16(8-24)9-27-29(22)13-15/h4-5,7,9-10,12-13,18,25H,2-3,6,11H2,1H3/t18-/m0/s1. The lowest BCUT2D eigenvalue weighted by atomic mass is 10.1. The largest absolute Gasteiger partial charge is 0.315 e. The number of aromatic nitrogens is 5. The second-order valence-corrected chi connectivity index (χ2v) is 8.62. The van der Waals surface area contributed by atoms with E-state index in [1.54, 1.807) is 16.8 Å². The van der Waals surface area contributed by atoms with Crippen LogP contribution in [0.15, 0.2) is 52.9 Å². The minimum atomic E-state index is -0.384. The van der Waals surface area contributed by atoms with Crippen LogP contribution in [0.25, 0.3) is 16.6 Å². The van der Waals surface area contributed by atoms with Crippen molar-refractivity contribution in [3.8, 4) is 17.2 Å². The van der Waals surface area contributed by atoms with Gasteiger partial charge in [0.15, 0.2) is 0 Å². The van der Waals surface area contributed by atoms with Crippen LogP contribution in [0.3, 0.4) is 0 Å². The summed E-state index contributed by atoms with van der Waals surface area (Å²) in [6.07, 6.45) is 8.82. The molecule has 0 bridgehead atoms. The predicted octanol–water partition coefficient (Wildman–Crippen LogP) is 3.99. The lowest BCUT2D eigenvalue weighted by Crippen LogP contribution is -2.32. The zero-order chi connectivity index (χ0) is 21.4. The third-order valence-corrected chi connectivity index (χ3v) is 6.57. The first-order valence-corrected chi connectivity index (χ1v) is 10.9. The fourth-order valence-corrected chi connectivity index (χ4v) is 5.00. The molecular weight excluding hydrogens is 413 g/mol. The molecule has 0 radical (unpaired) electrons. The number of piperidine rings is 1. The maximum atomic E-state index is 13.3. The second-order valence-electron chi connectivity index (χ2n) is 7.56. The lowest BCUT2D eigenvalue weighted by molar-refractivity contribution is 0.342. The Morgan fingerprint density at radius 3 is 2.90 bits per heavy atom. The molecule has 4 aromatic rings. The Morgan fingerprint density at radius 2 is 2.16 bits per heavy atom. The third-order valence-electron chi connectivity index (χ3n) is 5.58. The van der Waals surface area contributed by atoms with Crippen LogP contribution in [0.5, 0.6) is 0 Å². The van der Waals surface area contributed by atoms with E-state index >= 15 is 0 Å². The van der Waals surface area contributed by atoms with Gasteiger partial charge in [-0.1, -0.05) is 11.8 Å². The number of nitrogens with one attached hydrogen (secondary N) is 1. The molecule has 4 aromatic heterocycles. The van der Waals surface area contributed by atoms with Gasteiger partial charge >= 0.3 is 0 Å². The van der Waals surface area contributed by atoms with Crippen LogP contribution in [0, 0.1) is 24.1 Å². The maximum Gasteiger partial charge on any atom is 0.141 e. The van der Waals surface area contributed by atoms with Crippen molar-refractivity contribution in [2.75, 3.05) is 13.1 Å². The predicted molar refractivity (Wildman–Crippen MR) is 115 cm³/mol. The van der Waals surface area contributed by atoms with E-state index in [0.29, 0.717) is 22.1 Å². The SMILES string of the molecule is Cc1c(-c2cc(Sc3ccc(F)cn3)c3c(C#N)cnn3c2)cnn1[C@H]1CCCNC1. The molecule has 9 heteroatoms. The Hall–Kier alpha value is -3.22. The Labute approximate surface area is 182 Å². The highest BCUT2D eigenvalue weighted by molar-refractivity contribution is 7.99. The maximum absolute atomic E-state index is 13.3. The van der Waals surface area contributed by atoms with Gasteiger partial charge in [0.1, 0.15) is 16.9 Å². The molecule has 5 heterocycles. The second kappa shape index (κ2) is 8.13. The summed E-state index contributed by atoms with van der Waals surface area (Å²) in [5.74, 6) is -0.384. The zero-order valence-corrected chi connectivity index (χ0v) is 17.7. The minimum absolute atomic E-state index is 0.346. The number of nitrogens with zero attached hydrogens (tertiary/aromatic N) is 6. The van der Waals surface area contributed by atoms with E-state index in [1.165, 1.54) is 24.0 Å². The number of halogens is 1. The van der Waals surface area contributed by atoms with E-state index in [-0.39, 0.29) is 5.82 Å². The monoisotopic (exact) mass is 433 g/mol. The molecule has 1 N–H and O–H groups in total. The Morgan fingerprint density at radius 1 is 1.26 bits per heavy atom. The van der Waals surface area contributed by atoms with Crippen LogP contribution in [-0.2, 0) is 0 Å². The Bertz CT molecular complexity index is 1280. The van der Waals surface area contributed by atoms with Gasteiger partial charge in [-0.15, -0.1) is 0 Å². The van der Waals surface area contributed by atoms with Crippen LogP contribution in [-0.4, -0.2) is 37.5 Å². The Balaban J connectivity index is 1.59. The number of fused-ring (bicyclic) bond motifs is 1. The average molecular weight is 434 g/mol. The summed E-state index contributed by atoms with van der Waals surface area (Å²) in [6.45, 7) is 4.06. The van der Waals surface area contributed by atoms with Crippen molar-refractivity contribution in [1.29, 1.82) is 5.26 Å². The van der Waals surface area contributed by atoms with E-state index in [4.69, 9.17) is 0 Å². The molecule has 1 saturated heterocycles. The first kappa shape index (κ1) is 19.7. The highest BCUT2D eigenvalue weighted by atomic mass is 32.2. The van der Waals surface area contributed by atoms with Crippen LogP contribution in [0.4, 0.5) is 4.39 Å². The fraction of sp³-hybridized carbons (Fsp3) is 0.273. The molecule has 156 valence electrons. The molecular formula is C22H20FN7S. The number of rotatable bonds is 4. The van der Waals surface area contributed by atoms with Crippen molar-refractivity contribution in [3.05, 3.63) is 60.1 Å². The summed E-state index contributed by atoms with van der Waals surface area (Å²) >= 11 is 1.38. The highest BCUT2D eigenvalue weighted by Gasteiger charge is 2.21. The molecule has 31 heavy (non-hydrogen) atoms. The number of nitriles is 1. The quantitative estimate of drug-likeness (QED) is 0.524. The van der Waals surface area contributed by atoms with Crippen molar-refractivity contribution in [1.82, 2.24) is 29.7 Å². The van der Waals surface area contributed by atoms with E-state index in [1.807, 2.05) is 18.5 Å². The van der Waals surface area contributed by atoms with Gasteiger partial charge in [0, 0.05) is 34.5 Å². The van der Waals surface area contributed by atoms with Gasteiger partial charge in [-0.05, 0) is 44.5 Å². The van der Waals surface area contributed by atoms with E-state index in [2.05, 4.69) is 38.2 Å². The third kappa shape index (κ3) is 3.69.